The molecule has 1 aliphatic rings. The summed E-state index contributed by atoms with van der Waals surface area (Å²) in [6.45, 7) is 3.99. The third-order valence-corrected chi connectivity index (χ3v) is 3.68. The molecule has 0 saturated heterocycles. The predicted octanol–water partition coefficient (Wildman–Crippen LogP) is 2.70. The molecular formula is C11H18BrN3. The van der Waals surface area contributed by atoms with Crippen molar-refractivity contribution in [2.75, 3.05) is 0 Å². The first kappa shape index (κ1) is 11.1. The van der Waals surface area contributed by atoms with Crippen molar-refractivity contribution in [3.8, 4) is 0 Å². The van der Waals surface area contributed by atoms with E-state index < -0.39 is 0 Å². The Labute approximate surface area is 99.4 Å². The van der Waals surface area contributed by atoms with Gasteiger partial charge in [-0.1, -0.05) is 12.8 Å². The van der Waals surface area contributed by atoms with E-state index in [0.29, 0.717) is 0 Å². The molecule has 1 fully saturated rings. The Balaban J connectivity index is 1.87. The molecule has 0 radical (unpaired) electrons. The van der Waals surface area contributed by atoms with Crippen LogP contribution in [0.5, 0.6) is 0 Å². The second-order valence-corrected chi connectivity index (χ2v) is 4.86. The zero-order valence-corrected chi connectivity index (χ0v) is 10.8. The van der Waals surface area contributed by atoms with E-state index in [9.17, 15) is 0 Å². The Morgan fingerprint density at radius 2 is 2.27 bits per heavy atom. The Morgan fingerprint density at radius 3 is 2.87 bits per heavy atom. The molecule has 0 atom stereocenters. The topological polar surface area (TPSA) is 29.9 Å². The fraction of sp³-hybridized carbons (Fsp3) is 0.727. The monoisotopic (exact) mass is 271 g/mol. The van der Waals surface area contributed by atoms with E-state index in [1.54, 1.807) is 0 Å². The number of halogens is 1. The molecule has 1 aromatic heterocycles. The molecule has 1 N–H and O–H groups in total. The van der Waals surface area contributed by atoms with Crippen LogP contribution in [0.4, 0.5) is 0 Å². The molecule has 2 rings (SSSR count). The number of rotatable bonds is 4. The number of nitrogens with one attached hydrogen (secondary N) is 1. The lowest BCUT2D eigenvalue weighted by molar-refractivity contribution is 0.520. The van der Waals surface area contributed by atoms with Crippen LogP contribution in [-0.4, -0.2) is 15.6 Å². The van der Waals surface area contributed by atoms with Gasteiger partial charge in [-0.05, 0) is 35.7 Å². The molecule has 0 bridgehead atoms. The SMILES string of the molecule is CCn1cc(CNC2CCCC2)nc1Br. The van der Waals surface area contributed by atoms with Crippen LogP contribution >= 0.6 is 15.9 Å². The van der Waals surface area contributed by atoms with Crippen molar-refractivity contribution >= 4 is 15.9 Å². The molecule has 4 heteroatoms. The average Bonchev–Trinajstić information content (AvgIpc) is 2.83. The van der Waals surface area contributed by atoms with Gasteiger partial charge in [0.15, 0.2) is 4.73 Å². The van der Waals surface area contributed by atoms with E-state index in [2.05, 4.69) is 43.9 Å². The number of aryl methyl sites for hydroxylation is 1. The van der Waals surface area contributed by atoms with Crippen LogP contribution in [0, 0.1) is 0 Å². The van der Waals surface area contributed by atoms with Crippen LogP contribution in [0.1, 0.15) is 38.3 Å². The highest BCUT2D eigenvalue weighted by Crippen LogP contribution is 2.18. The van der Waals surface area contributed by atoms with Crippen molar-refractivity contribution in [3.63, 3.8) is 0 Å². The number of nitrogens with zero attached hydrogens (tertiary/aromatic N) is 2. The first-order valence-electron chi connectivity index (χ1n) is 5.74. The summed E-state index contributed by atoms with van der Waals surface area (Å²) in [6, 6.07) is 0.718. The molecule has 0 aromatic carbocycles. The summed E-state index contributed by atoms with van der Waals surface area (Å²) in [5, 5.41) is 3.57. The second-order valence-electron chi connectivity index (χ2n) is 4.15. The van der Waals surface area contributed by atoms with E-state index in [1.807, 2.05) is 0 Å². The zero-order valence-electron chi connectivity index (χ0n) is 9.17. The van der Waals surface area contributed by atoms with Gasteiger partial charge in [-0.15, -0.1) is 0 Å². The standard InChI is InChI=1S/C11H18BrN3/c1-2-15-8-10(14-11(15)12)7-13-9-5-3-4-6-9/h8-9,13H,2-7H2,1H3. The van der Waals surface area contributed by atoms with Gasteiger partial charge in [0.2, 0.25) is 0 Å². The minimum absolute atomic E-state index is 0.718. The maximum absolute atomic E-state index is 4.46. The first-order chi connectivity index (χ1) is 7.29. The Kier molecular flexibility index (Phi) is 3.81. The zero-order chi connectivity index (χ0) is 10.7. The number of hydrogen-bond acceptors (Lipinski definition) is 2. The summed E-state index contributed by atoms with van der Waals surface area (Å²) < 4.78 is 3.05. The highest BCUT2D eigenvalue weighted by molar-refractivity contribution is 9.10. The molecule has 1 saturated carbocycles. The second kappa shape index (κ2) is 5.12. The summed E-state index contributed by atoms with van der Waals surface area (Å²) in [4.78, 5) is 4.46. The number of aromatic nitrogens is 2. The molecule has 1 aliphatic carbocycles. The molecular weight excluding hydrogens is 254 g/mol. The predicted molar refractivity (Wildman–Crippen MR) is 64.7 cm³/mol. The van der Waals surface area contributed by atoms with Gasteiger partial charge < -0.3 is 9.88 Å². The van der Waals surface area contributed by atoms with Gasteiger partial charge in [0, 0.05) is 25.3 Å². The fourth-order valence-corrected chi connectivity index (χ4v) is 2.71. The van der Waals surface area contributed by atoms with Crippen LogP contribution in [-0.2, 0) is 13.1 Å². The van der Waals surface area contributed by atoms with Crippen molar-refractivity contribution in [2.45, 2.75) is 51.7 Å². The maximum atomic E-state index is 4.46. The van der Waals surface area contributed by atoms with Gasteiger partial charge in [0.1, 0.15) is 0 Å². The summed E-state index contributed by atoms with van der Waals surface area (Å²) in [5.41, 5.74) is 1.13. The third kappa shape index (κ3) is 2.82. The van der Waals surface area contributed by atoms with E-state index in [-0.39, 0.29) is 0 Å². The van der Waals surface area contributed by atoms with Crippen molar-refractivity contribution in [3.05, 3.63) is 16.6 Å². The van der Waals surface area contributed by atoms with Crippen LogP contribution < -0.4 is 5.32 Å². The van der Waals surface area contributed by atoms with Crippen LogP contribution in [0.25, 0.3) is 0 Å². The van der Waals surface area contributed by atoms with Crippen LogP contribution in [0.3, 0.4) is 0 Å². The van der Waals surface area contributed by atoms with Crippen molar-refractivity contribution < 1.29 is 0 Å². The molecule has 0 unspecified atom stereocenters. The van der Waals surface area contributed by atoms with Gasteiger partial charge in [0.25, 0.3) is 0 Å². The lowest BCUT2D eigenvalue weighted by Crippen LogP contribution is -2.25. The highest BCUT2D eigenvalue weighted by Gasteiger charge is 2.14. The fourth-order valence-electron chi connectivity index (χ4n) is 2.13. The largest absolute Gasteiger partial charge is 0.326 e. The van der Waals surface area contributed by atoms with Gasteiger partial charge in [-0.2, -0.15) is 0 Å². The normalized spacial score (nSPS) is 17.5. The van der Waals surface area contributed by atoms with Crippen LogP contribution in [0.15, 0.2) is 10.9 Å². The number of imidazole rings is 1. The molecule has 0 amide bonds. The van der Waals surface area contributed by atoms with E-state index >= 15 is 0 Å². The number of hydrogen-bond donors (Lipinski definition) is 1. The van der Waals surface area contributed by atoms with E-state index in [1.165, 1.54) is 25.7 Å². The van der Waals surface area contributed by atoms with Crippen LogP contribution in [0.2, 0.25) is 0 Å². The quantitative estimate of drug-likeness (QED) is 0.913. The van der Waals surface area contributed by atoms with Gasteiger partial charge in [0.05, 0.1) is 5.69 Å². The summed E-state index contributed by atoms with van der Waals surface area (Å²) in [6.07, 6.45) is 7.53. The van der Waals surface area contributed by atoms with E-state index in [4.69, 9.17) is 0 Å². The third-order valence-electron chi connectivity index (χ3n) is 3.05. The molecule has 84 valence electrons. The van der Waals surface area contributed by atoms with Crippen molar-refractivity contribution in [2.24, 2.45) is 0 Å². The molecule has 1 heterocycles. The van der Waals surface area contributed by atoms with Crippen molar-refractivity contribution in [1.82, 2.24) is 14.9 Å². The molecule has 3 nitrogen and oxygen atoms in total. The molecule has 0 spiro atoms. The Bertz CT molecular complexity index is 316. The average molecular weight is 272 g/mol. The van der Waals surface area contributed by atoms with Gasteiger partial charge >= 0.3 is 0 Å². The highest BCUT2D eigenvalue weighted by atomic mass is 79.9. The van der Waals surface area contributed by atoms with E-state index in [0.717, 1.165) is 29.6 Å². The van der Waals surface area contributed by atoms with Crippen molar-refractivity contribution in [1.29, 1.82) is 0 Å². The first-order valence-corrected chi connectivity index (χ1v) is 6.54. The van der Waals surface area contributed by atoms with Gasteiger partial charge in [-0.3, -0.25) is 0 Å². The smallest absolute Gasteiger partial charge is 0.177 e. The summed E-state index contributed by atoms with van der Waals surface area (Å²) in [5.74, 6) is 0. The minimum Gasteiger partial charge on any atom is -0.326 e. The molecule has 15 heavy (non-hydrogen) atoms. The lowest BCUT2D eigenvalue weighted by atomic mass is 10.2. The summed E-state index contributed by atoms with van der Waals surface area (Å²) in [7, 11) is 0. The molecule has 1 aromatic rings. The van der Waals surface area contributed by atoms with Gasteiger partial charge in [-0.25, -0.2) is 4.98 Å². The lowest BCUT2D eigenvalue weighted by Gasteiger charge is -2.09. The summed E-state index contributed by atoms with van der Waals surface area (Å²) >= 11 is 3.45. The Hall–Kier alpha value is -0.350. The maximum Gasteiger partial charge on any atom is 0.177 e. The Morgan fingerprint density at radius 1 is 1.53 bits per heavy atom. The minimum atomic E-state index is 0.718. The molecule has 0 aliphatic heterocycles.